The molecule has 0 radical (unpaired) electrons. The summed E-state index contributed by atoms with van der Waals surface area (Å²) in [7, 11) is 1.92. The van der Waals surface area contributed by atoms with Gasteiger partial charge in [0, 0.05) is 44.5 Å². The maximum Gasteiger partial charge on any atom is 0.404 e. The van der Waals surface area contributed by atoms with Gasteiger partial charge in [-0.05, 0) is 30.9 Å². The van der Waals surface area contributed by atoms with Gasteiger partial charge in [-0.2, -0.15) is 0 Å². The van der Waals surface area contributed by atoms with Crippen molar-refractivity contribution in [3.8, 4) is 5.75 Å². The van der Waals surface area contributed by atoms with E-state index in [0.29, 0.717) is 47.5 Å². The van der Waals surface area contributed by atoms with Gasteiger partial charge in [0.05, 0.1) is 6.61 Å². The van der Waals surface area contributed by atoms with Crippen molar-refractivity contribution in [3.05, 3.63) is 71.9 Å². The number of carbonyl (C=O) groups excluding carboxylic acids is 2. The van der Waals surface area contributed by atoms with Crippen LogP contribution < -0.4 is 20.3 Å². The summed E-state index contributed by atoms with van der Waals surface area (Å²) in [6.07, 6.45) is 3.06. The Hall–Kier alpha value is -3.79. The number of amides is 2. The highest BCUT2D eigenvalue weighted by molar-refractivity contribution is 7.98. The Morgan fingerprint density at radius 1 is 1.17 bits per heavy atom. The molecule has 1 aliphatic heterocycles. The van der Waals surface area contributed by atoms with Crippen LogP contribution in [0.3, 0.4) is 0 Å². The largest absolute Gasteiger partial charge is 0.483 e. The van der Waals surface area contributed by atoms with Gasteiger partial charge in [-0.1, -0.05) is 48.2 Å². The van der Waals surface area contributed by atoms with Gasteiger partial charge in [0.25, 0.3) is 5.91 Å². The summed E-state index contributed by atoms with van der Waals surface area (Å²) in [5.41, 5.74) is 6.43. The van der Waals surface area contributed by atoms with Gasteiger partial charge in [-0.15, -0.1) is 0 Å². The number of ether oxygens (including phenoxy) is 2. The molecule has 1 aliphatic rings. The number of fused-ring (bicyclic) bond motifs is 1. The van der Waals surface area contributed by atoms with Crippen LogP contribution in [0.4, 0.5) is 16.3 Å². The van der Waals surface area contributed by atoms with E-state index in [1.807, 2.05) is 79.7 Å². The van der Waals surface area contributed by atoms with Crippen molar-refractivity contribution < 1.29 is 19.1 Å². The highest BCUT2D eigenvalue weighted by Crippen LogP contribution is 2.34. The van der Waals surface area contributed by atoms with E-state index in [2.05, 4.69) is 9.97 Å². The van der Waals surface area contributed by atoms with Crippen molar-refractivity contribution in [2.75, 3.05) is 42.8 Å². The Morgan fingerprint density at radius 3 is 2.67 bits per heavy atom. The van der Waals surface area contributed by atoms with E-state index in [1.165, 1.54) is 11.8 Å². The van der Waals surface area contributed by atoms with Crippen molar-refractivity contribution in [2.45, 2.75) is 24.1 Å². The van der Waals surface area contributed by atoms with E-state index < -0.39 is 11.7 Å². The number of rotatable bonds is 8. The predicted octanol–water partition coefficient (Wildman–Crippen LogP) is 4.07. The van der Waals surface area contributed by atoms with Crippen molar-refractivity contribution in [2.24, 2.45) is 5.73 Å². The molecule has 1 unspecified atom stereocenters. The molecule has 188 valence electrons. The smallest absolute Gasteiger partial charge is 0.404 e. The molecule has 2 N–H and O–H groups in total. The predicted molar refractivity (Wildman–Crippen MR) is 140 cm³/mol. The number of thioether (sulfide) groups is 1. The molecule has 0 saturated carbocycles. The molecular weight excluding hydrogens is 478 g/mol. The molecule has 0 bridgehead atoms. The summed E-state index contributed by atoms with van der Waals surface area (Å²) in [6, 6.07) is 17.1. The maximum absolute atomic E-state index is 13.5. The van der Waals surface area contributed by atoms with Gasteiger partial charge in [0.1, 0.15) is 22.7 Å². The van der Waals surface area contributed by atoms with Gasteiger partial charge < -0.3 is 25.0 Å². The van der Waals surface area contributed by atoms with Crippen LogP contribution in [-0.4, -0.2) is 55.0 Å². The summed E-state index contributed by atoms with van der Waals surface area (Å²) >= 11 is 1.44. The molecule has 2 aromatic carbocycles. The molecule has 0 fully saturated rings. The summed E-state index contributed by atoms with van der Waals surface area (Å²) < 4.78 is 11.5. The second-order valence-corrected chi connectivity index (χ2v) is 9.36. The molecule has 2 amide bonds. The zero-order chi connectivity index (χ0) is 25.7. The lowest BCUT2D eigenvalue weighted by molar-refractivity contribution is 0.0500. The number of primary amides is 1. The summed E-state index contributed by atoms with van der Waals surface area (Å²) in [6.45, 7) is 3.13. The standard InChI is InChI=1S/C26H29N5O4S/c1-26(12-15-34-24(27)33,18-8-5-4-6-9-18)35-20-11-7-10-19(16-20)31-14-13-30(2)22-21(23(31)32)17-28-25(29-22)36-3/h4-11,16-17H,12-15H2,1-3H3,(H2,27,33). The third kappa shape index (κ3) is 5.54. The van der Waals surface area contributed by atoms with Crippen LogP contribution in [0.1, 0.15) is 29.3 Å². The topological polar surface area (TPSA) is 111 Å². The lowest BCUT2D eigenvalue weighted by Crippen LogP contribution is -2.34. The fourth-order valence-electron chi connectivity index (χ4n) is 4.11. The van der Waals surface area contributed by atoms with E-state index in [4.69, 9.17) is 15.2 Å². The Kier molecular flexibility index (Phi) is 7.64. The number of hydrogen-bond donors (Lipinski definition) is 1. The first-order valence-electron chi connectivity index (χ1n) is 11.5. The van der Waals surface area contributed by atoms with Gasteiger partial charge in [0.2, 0.25) is 0 Å². The number of aromatic nitrogens is 2. The number of hydrogen-bond acceptors (Lipinski definition) is 8. The fraction of sp³-hybridized carbons (Fsp3) is 0.308. The van der Waals surface area contributed by atoms with Crippen molar-refractivity contribution >= 4 is 35.3 Å². The molecule has 36 heavy (non-hydrogen) atoms. The van der Waals surface area contributed by atoms with Gasteiger partial charge in [-0.3, -0.25) is 4.79 Å². The third-order valence-corrected chi connectivity index (χ3v) is 6.67. The molecule has 1 aromatic heterocycles. The molecule has 9 nitrogen and oxygen atoms in total. The highest BCUT2D eigenvalue weighted by Gasteiger charge is 2.31. The molecule has 0 saturated heterocycles. The average molecular weight is 508 g/mol. The molecule has 2 heterocycles. The average Bonchev–Trinajstić information content (AvgIpc) is 3.00. The van der Waals surface area contributed by atoms with Crippen molar-refractivity contribution in [3.63, 3.8) is 0 Å². The molecular formula is C26H29N5O4S. The monoisotopic (exact) mass is 507 g/mol. The van der Waals surface area contributed by atoms with Gasteiger partial charge >= 0.3 is 6.09 Å². The van der Waals surface area contributed by atoms with Gasteiger partial charge in [-0.25, -0.2) is 14.8 Å². The van der Waals surface area contributed by atoms with E-state index in [9.17, 15) is 9.59 Å². The lowest BCUT2D eigenvalue weighted by atomic mass is 9.92. The van der Waals surface area contributed by atoms with Gasteiger partial charge in [0.15, 0.2) is 5.16 Å². The number of benzene rings is 2. The lowest BCUT2D eigenvalue weighted by Gasteiger charge is -2.32. The number of nitrogens with two attached hydrogens (primary N) is 1. The minimum Gasteiger partial charge on any atom is -0.483 e. The number of carbonyl (C=O) groups is 2. The second kappa shape index (κ2) is 10.9. The van der Waals surface area contributed by atoms with Crippen LogP contribution in [0.15, 0.2) is 66.0 Å². The zero-order valence-corrected chi connectivity index (χ0v) is 21.3. The number of likely N-dealkylation sites (N-methyl/N-ethyl adjacent to an activating group) is 1. The van der Waals surface area contributed by atoms with E-state index in [0.717, 1.165) is 5.56 Å². The van der Waals surface area contributed by atoms with Crippen molar-refractivity contribution in [1.29, 1.82) is 0 Å². The molecule has 1 atom stereocenters. The zero-order valence-electron chi connectivity index (χ0n) is 20.5. The SMILES string of the molecule is CSc1ncc2c(n1)N(C)CCN(c1cccc(OC(C)(CCOC(N)=O)c3ccccc3)c1)C2=O. The Labute approximate surface area is 214 Å². The number of nitrogens with zero attached hydrogens (tertiary/aromatic N) is 4. The highest BCUT2D eigenvalue weighted by atomic mass is 32.2. The van der Waals surface area contributed by atoms with Crippen LogP contribution in [0.5, 0.6) is 5.75 Å². The fourth-order valence-corrected chi connectivity index (χ4v) is 4.45. The Bertz CT molecular complexity index is 1240. The Balaban J connectivity index is 1.62. The molecule has 10 heteroatoms. The minimum absolute atomic E-state index is 0.103. The van der Waals surface area contributed by atoms with Crippen LogP contribution in [0.2, 0.25) is 0 Å². The van der Waals surface area contributed by atoms with Crippen LogP contribution in [0.25, 0.3) is 0 Å². The van der Waals surface area contributed by atoms with E-state index in [-0.39, 0.29) is 12.5 Å². The molecule has 0 spiro atoms. The van der Waals surface area contributed by atoms with Crippen LogP contribution in [-0.2, 0) is 10.3 Å². The summed E-state index contributed by atoms with van der Waals surface area (Å²) in [5, 5.41) is 0.623. The maximum atomic E-state index is 13.5. The first-order chi connectivity index (χ1) is 17.3. The van der Waals surface area contributed by atoms with E-state index >= 15 is 0 Å². The third-order valence-electron chi connectivity index (χ3n) is 6.11. The summed E-state index contributed by atoms with van der Waals surface area (Å²) in [4.78, 5) is 37.2. The van der Waals surface area contributed by atoms with E-state index in [1.54, 1.807) is 11.1 Å². The molecule has 0 aliphatic carbocycles. The Morgan fingerprint density at radius 2 is 1.94 bits per heavy atom. The molecule has 4 rings (SSSR count). The molecule has 3 aromatic rings. The normalized spacial score (nSPS) is 15.0. The quantitative estimate of drug-likeness (QED) is 0.359. The number of anilines is 2. The van der Waals surface area contributed by atoms with Crippen LogP contribution in [0, 0.1) is 0 Å². The minimum atomic E-state index is -0.828. The first kappa shape index (κ1) is 25.3. The van der Waals surface area contributed by atoms with Crippen molar-refractivity contribution in [1.82, 2.24) is 9.97 Å². The first-order valence-corrected chi connectivity index (χ1v) is 12.7. The van der Waals surface area contributed by atoms with Crippen LogP contribution >= 0.6 is 11.8 Å². The summed E-state index contributed by atoms with van der Waals surface area (Å²) in [5.74, 6) is 1.04. The second-order valence-electron chi connectivity index (χ2n) is 8.59.